The van der Waals surface area contributed by atoms with Crippen molar-refractivity contribution in [3.05, 3.63) is 64.7 Å². The quantitative estimate of drug-likeness (QED) is 0.860. The van der Waals surface area contributed by atoms with Crippen molar-refractivity contribution in [1.82, 2.24) is 0 Å². The van der Waals surface area contributed by atoms with Crippen LogP contribution in [0.3, 0.4) is 0 Å². The molecule has 0 unspecified atom stereocenters. The highest BCUT2D eigenvalue weighted by Gasteiger charge is 2.07. The molecule has 0 aliphatic carbocycles. The molecule has 0 aliphatic rings. The Morgan fingerprint density at radius 1 is 1.10 bits per heavy atom. The second-order valence-electron chi connectivity index (χ2n) is 4.80. The molecule has 0 aliphatic heterocycles. The van der Waals surface area contributed by atoms with E-state index in [2.05, 4.69) is 24.4 Å². The van der Waals surface area contributed by atoms with Gasteiger partial charge in [0.15, 0.2) is 0 Å². The monoisotopic (exact) mass is 269 g/mol. The molecule has 3 heteroatoms. The summed E-state index contributed by atoms with van der Waals surface area (Å²) in [5.41, 5.74) is 5.17. The first kappa shape index (κ1) is 14.1. The molecule has 0 atom stereocenters. The number of methoxy groups -OCH3 is 1. The Labute approximate surface area is 119 Å². The molecule has 1 N–H and O–H groups in total. The molecular formula is C17H19NO2. The molecular weight excluding hydrogens is 250 g/mol. The van der Waals surface area contributed by atoms with Crippen LogP contribution in [0.4, 0.5) is 5.69 Å². The Kier molecular flexibility index (Phi) is 4.41. The average Bonchev–Trinajstić information content (AvgIpc) is 2.46. The number of aryl methyl sites for hydroxylation is 2. The number of rotatable bonds is 4. The molecule has 2 rings (SSSR count). The summed E-state index contributed by atoms with van der Waals surface area (Å²) in [7, 11) is 1.39. The SMILES string of the molecule is COC(=O)c1ccc(NCc2ccccc2C)c(C)c1. The lowest BCUT2D eigenvalue weighted by Crippen LogP contribution is -2.05. The highest BCUT2D eigenvalue weighted by atomic mass is 16.5. The van der Waals surface area contributed by atoms with E-state index < -0.39 is 0 Å². The Bertz CT molecular complexity index is 620. The minimum atomic E-state index is -0.307. The molecule has 2 aromatic rings. The molecule has 0 saturated carbocycles. The van der Waals surface area contributed by atoms with E-state index in [0.29, 0.717) is 5.56 Å². The summed E-state index contributed by atoms with van der Waals surface area (Å²) in [5, 5.41) is 3.40. The van der Waals surface area contributed by atoms with E-state index in [4.69, 9.17) is 4.74 Å². The van der Waals surface area contributed by atoms with Gasteiger partial charge in [-0.3, -0.25) is 0 Å². The van der Waals surface area contributed by atoms with Crippen molar-refractivity contribution in [3.8, 4) is 0 Å². The van der Waals surface area contributed by atoms with E-state index >= 15 is 0 Å². The molecule has 0 amide bonds. The molecule has 104 valence electrons. The lowest BCUT2D eigenvalue weighted by atomic mass is 10.1. The van der Waals surface area contributed by atoms with Gasteiger partial charge in [0.1, 0.15) is 0 Å². The van der Waals surface area contributed by atoms with Gasteiger partial charge in [0.25, 0.3) is 0 Å². The van der Waals surface area contributed by atoms with Gasteiger partial charge < -0.3 is 10.1 Å². The van der Waals surface area contributed by atoms with Crippen LogP contribution in [0, 0.1) is 13.8 Å². The van der Waals surface area contributed by atoms with Crippen molar-refractivity contribution >= 4 is 11.7 Å². The summed E-state index contributed by atoms with van der Waals surface area (Å²) in [6.07, 6.45) is 0. The van der Waals surface area contributed by atoms with Crippen LogP contribution >= 0.6 is 0 Å². The maximum Gasteiger partial charge on any atom is 0.337 e. The van der Waals surface area contributed by atoms with E-state index in [1.165, 1.54) is 18.2 Å². The molecule has 0 radical (unpaired) electrons. The fourth-order valence-electron chi connectivity index (χ4n) is 2.11. The second kappa shape index (κ2) is 6.24. The molecule has 0 saturated heterocycles. The van der Waals surface area contributed by atoms with Crippen LogP contribution in [0.15, 0.2) is 42.5 Å². The molecule has 2 aromatic carbocycles. The Morgan fingerprint density at radius 2 is 1.85 bits per heavy atom. The highest BCUT2D eigenvalue weighted by molar-refractivity contribution is 5.90. The summed E-state index contributed by atoms with van der Waals surface area (Å²) in [6.45, 7) is 4.85. The minimum absolute atomic E-state index is 0.307. The van der Waals surface area contributed by atoms with Gasteiger partial charge in [-0.05, 0) is 48.7 Å². The van der Waals surface area contributed by atoms with Crippen molar-refractivity contribution in [1.29, 1.82) is 0 Å². The normalized spacial score (nSPS) is 10.2. The van der Waals surface area contributed by atoms with Crippen molar-refractivity contribution in [3.63, 3.8) is 0 Å². The van der Waals surface area contributed by atoms with Gasteiger partial charge in [-0.2, -0.15) is 0 Å². The smallest absolute Gasteiger partial charge is 0.337 e. The summed E-state index contributed by atoms with van der Waals surface area (Å²) >= 11 is 0. The standard InChI is InChI=1S/C17H19NO2/c1-12-6-4-5-7-15(12)11-18-16-9-8-14(10-13(16)2)17(19)20-3/h4-10,18H,11H2,1-3H3. The van der Waals surface area contributed by atoms with Crippen molar-refractivity contribution in [2.24, 2.45) is 0 Å². The second-order valence-corrected chi connectivity index (χ2v) is 4.80. The molecule has 3 nitrogen and oxygen atoms in total. The van der Waals surface area contributed by atoms with Gasteiger partial charge in [-0.25, -0.2) is 4.79 Å². The Balaban J connectivity index is 2.11. The molecule has 0 spiro atoms. The van der Waals surface area contributed by atoms with Gasteiger partial charge in [-0.1, -0.05) is 24.3 Å². The third-order valence-corrected chi connectivity index (χ3v) is 3.38. The fraction of sp³-hybridized carbons (Fsp3) is 0.235. The Morgan fingerprint density at radius 3 is 2.50 bits per heavy atom. The van der Waals surface area contributed by atoms with Crippen LogP contribution in [0.2, 0.25) is 0 Å². The number of carbonyl (C=O) groups is 1. The molecule has 0 heterocycles. The fourth-order valence-corrected chi connectivity index (χ4v) is 2.11. The van der Waals surface area contributed by atoms with Crippen LogP contribution in [-0.4, -0.2) is 13.1 Å². The first-order valence-electron chi connectivity index (χ1n) is 6.59. The van der Waals surface area contributed by atoms with E-state index in [0.717, 1.165) is 17.8 Å². The van der Waals surface area contributed by atoms with Crippen molar-refractivity contribution in [2.75, 3.05) is 12.4 Å². The lowest BCUT2D eigenvalue weighted by Gasteiger charge is -2.12. The third kappa shape index (κ3) is 3.18. The van der Waals surface area contributed by atoms with Gasteiger partial charge in [0.2, 0.25) is 0 Å². The van der Waals surface area contributed by atoms with E-state index in [-0.39, 0.29) is 5.97 Å². The maximum atomic E-state index is 11.5. The zero-order valence-corrected chi connectivity index (χ0v) is 12.1. The number of hydrogen-bond acceptors (Lipinski definition) is 3. The summed E-state index contributed by atoms with van der Waals surface area (Å²) < 4.78 is 4.72. The molecule has 0 aromatic heterocycles. The largest absolute Gasteiger partial charge is 0.465 e. The average molecular weight is 269 g/mol. The van der Waals surface area contributed by atoms with Gasteiger partial charge in [-0.15, -0.1) is 0 Å². The predicted molar refractivity (Wildman–Crippen MR) is 81.0 cm³/mol. The van der Waals surface area contributed by atoms with Crippen molar-refractivity contribution in [2.45, 2.75) is 20.4 Å². The summed E-state index contributed by atoms with van der Waals surface area (Å²) in [5.74, 6) is -0.307. The number of ether oxygens (including phenoxy) is 1. The zero-order valence-electron chi connectivity index (χ0n) is 12.1. The number of esters is 1. The maximum absolute atomic E-state index is 11.5. The summed E-state index contributed by atoms with van der Waals surface area (Å²) in [4.78, 5) is 11.5. The molecule has 0 bridgehead atoms. The third-order valence-electron chi connectivity index (χ3n) is 3.38. The zero-order chi connectivity index (χ0) is 14.5. The van der Waals surface area contributed by atoms with Crippen LogP contribution in [0.25, 0.3) is 0 Å². The Hall–Kier alpha value is -2.29. The number of carbonyl (C=O) groups excluding carboxylic acids is 1. The van der Waals surface area contributed by atoms with E-state index in [1.807, 2.05) is 31.2 Å². The van der Waals surface area contributed by atoms with Crippen LogP contribution in [0.5, 0.6) is 0 Å². The number of nitrogens with one attached hydrogen (secondary N) is 1. The predicted octanol–water partition coefficient (Wildman–Crippen LogP) is 3.70. The number of hydrogen-bond donors (Lipinski definition) is 1. The van der Waals surface area contributed by atoms with Gasteiger partial charge >= 0.3 is 5.97 Å². The van der Waals surface area contributed by atoms with Gasteiger partial charge in [0.05, 0.1) is 12.7 Å². The summed E-state index contributed by atoms with van der Waals surface area (Å²) in [6, 6.07) is 13.8. The van der Waals surface area contributed by atoms with Gasteiger partial charge in [0, 0.05) is 12.2 Å². The number of benzene rings is 2. The van der Waals surface area contributed by atoms with Crippen LogP contribution in [0.1, 0.15) is 27.0 Å². The number of anilines is 1. The first-order valence-corrected chi connectivity index (χ1v) is 6.59. The molecule has 0 fully saturated rings. The lowest BCUT2D eigenvalue weighted by molar-refractivity contribution is 0.0600. The first-order chi connectivity index (χ1) is 9.61. The van der Waals surface area contributed by atoms with E-state index in [9.17, 15) is 4.79 Å². The van der Waals surface area contributed by atoms with Crippen LogP contribution < -0.4 is 5.32 Å². The topological polar surface area (TPSA) is 38.3 Å². The van der Waals surface area contributed by atoms with E-state index in [1.54, 1.807) is 6.07 Å². The minimum Gasteiger partial charge on any atom is -0.465 e. The van der Waals surface area contributed by atoms with Crippen LogP contribution in [-0.2, 0) is 11.3 Å². The molecule has 20 heavy (non-hydrogen) atoms. The highest BCUT2D eigenvalue weighted by Crippen LogP contribution is 2.18. The van der Waals surface area contributed by atoms with Crippen molar-refractivity contribution < 1.29 is 9.53 Å².